The maximum absolute atomic E-state index is 9.66. The molecule has 0 bridgehead atoms. The maximum atomic E-state index is 9.66. The largest absolute Gasteiger partial charge is 0.504 e. The minimum Gasteiger partial charge on any atom is -0.504 e. The Balaban J connectivity index is 2.00. The molecule has 2 rings (SSSR count). The lowest BCUT2D eigenvalue weighted by atomic mass is 10.2. The standard InChI is InChI=1S/C14H16N2O3/c1-2-19-13-7-6-11(9-16-13)15-8-10-4-3-5-12(17)14(10)18/h3-7,9,15,17-18H,2,8H2,1H3. The van der Waals surface area contributed by atoms with Crippen molar-refractivity contribution in [2.75, 3.05) is 11.9 Å². The quantitative estimate of drug-likeness (QED) is 0.720. The number of hydrogen-bond acceptors (Lipinski definition) is 5. The van der Waals surface area contributed by atoms with E-state index in [2.05, 4.69) is 10.3 Å². The van der Waals surface area contributed by atoms with Crippen LogP contribution in [0.4, 0.5) is 5.69 Å². The molecule has 1 heterocycles. The molecule has 0 spiro atoms. The molecular formula is C14H16N2O3. The zero-order chi connectivity index (χ0) is 13.7. The van der Waals surface area contributed by atoms with Crippen molar-refractivity contribution in [2.24, 2.45) is 0 Å². The van der Waals surface area contributed by atoms with Gasteiger partial charge in [0.2, 0.25) is 5.88 Å². The topological polar surface area (TPSA) is 74.6 Å². The van der Waals surface area contributed by atoms with Crippen LogP contribution in [0.3, 0.4) is 0 Å². The minimum atomic E-state index is -0.121. The van der Waals surface area contributed by atoms with E-state index in [1.807, 2.05) is 13.0 Å². The summed E-state index contributed by atoms with van der Waals surface area (Å²) in [5.74, 6) is 0.353. The lowest BCUT2D eigenvalue weighted by molar-refractivity contribution is 0.327. The summed E-state index contributed by atoms with van der Waals surface area (Å²) in [4.78, 5) is 4.12. The summed E-state index contributed by atoms with van der Waals surface area (Å²) >= 11 is 0. The van der Waals surface area contributed by atoms with Gasteiger partial charge in [-0.3, -0.25) is 0 Å². The molecule has 0 fully saturated rings. The van der Waals surface area contributed by atoms with Crippen LogP contribution in [-0.4, -0.2) is 21.8 Å². The summed E-state index contributed by atoms with van der Waals surface area (Å²) in [6.45, 7) is 2.88. The van der Waals surface area contributed by atoms with Gasteiger partial charge in [0.25, 0.3) is 0 Å². The van der Waals surface area contributed by atoms with Gasteiger partial charge in [0, 0.05) is 18.2 Å². The van der Waals surface area contributed by atoms with Crippen LogP contribution in [-0.2, 0) is 6.54 Å². The molecule has 3 N–H and O–H groups in total. The van der Waals surface area contributed by atoms with Gasteiger partial charge in [-0.05, 0) is 19.1 Å². The number of nitrogens with one attached hydrogen (secondary N) is 1. The Kier molecular flexibility index (Phi) is 4.07. The zero-order valence-corrected chi connectivity index (χ0v) is 10.6. The van der Waals surface area contributed by atoms with Gasteiger partial charge in [0.05, 0.1) is 18.5 Å². The highest BCUT2D eigenvalue weighted by Crippen LogP contribution is 2.28. The molecule has 1 aromatic carbocycles. The molecule has 19 heavy (non-hydrogen) atoms. The van der Waals surface area contributed by atoms with Gasteiger partial charge in [-0.25, -0.2) is 4.98 Å². The Morgan fingerprint density at radius 3 is 2.74 bits per heavy atom. The molecule has 0 saturated carbocycles. The molecule has 0 unspecified atom stereocenters. The van der Waals surface area contributed by atoms with Gasteiger partial charge in [0.1, 0.15) is 0 Å². The molecule has 0 amide bonds. The third-order valence-electron chi connectivity index (χ3n) is 2.61. The van der Waals surface area contributed by atoms with E-state index < -0.39 is 0 Å². The second-order valence-corrected chi connectivity index (χ2v) is 3.96. The van der Waals surface area contributed by atoms with Crippen LogP contribution in [0.15, 0.2) is 36.5 Å². The van der Waals surface area contributed by atoms with E-state index in [1.54, 1.807) is 24.4 Å². The summed E-state index contributed by atoms with van der Waals surface area (Å²) < 4.78 is 5.25. The molecule has 0 aliphatic heterocycles. The first kappa shape index (κ1) is 13.0. The fraction of sp³-hybridized carbons (Fsp3) is 0.214. The van der Waals surface area contributed by atoms with Gasteiger partial charge < -0.3 is 20.3 Å². The molecule has 2 aromatic rings. The highest BCUT2D eigenvalue weighted by atomic mass is 16.5. The average Bonchev–Trinajstić information content (AvgIpc) is 2.42. The van der Waals surface area contributed by atoms with Gasteiger partial charge in [-0.1, -0.05) is 12.1 Å². The molecule has 100 valence electrons. The number of phenols is 2. The lowest BCUT2D eigenvalue weighted by Crippen LogP contribution is -2.01. The zero-order valence-electron chi connectivity index (χ0n) is 10.6. The smallest absolute Gasteiger partial charge is 0.213 e. The van der Waals surface area contributed by atoms with Crippen LogP contribution < -0.4 is 10.1 Å². The highest BCUT2D eigenvalue weighted by molar-refractivity contribution is 5.48. The molecule has 0 radical (unpaired) electrons. The number of rotatable bonds is 5. The Morgan fingerprint density at radius 1 is 1.21 bits per heavy atom. The summed E-state index contributed by atoms with van der Waals surface area (Å²) in [7, 11) is 0. The number of phenolic OH excluding ortho intramolecular Hbond substituents is 2. The van der Waals surface area contributed by atoms with Crippen molar-refractivity contribution in [3.63, 3.8) is 0 Å². The van der Waals surface area contributed by atoms with Crippen LogP contribution in [0, 0.1) is 0 Å². The van der Waals surface area contributed by atoms with E-state index in [0.29, 0.717) is 24.6 Å². The molecule has 5 heteroatoms. The second-order valence-electron chi connectivity index (χ2n) is 3.96. The second kappa shape index (κ2) is 5.95. The highest BCUT2D eigenvalue weighted by Gasteiger charge is 2.05. The Morgan fingerprint density at radius 2 is 2.05 bits per heavy atom. The molecular weight excluding hydrogens is 244 g/mol. The van der Waals surface area contributed by atoms with Crippen LogP contribution in [0.2, 0.25) is 0 Å². The van der Waals surface area contributed by atoms with E-state index in [9.17, 15) is 10.2 Å². The Bertz CT molecular complexity index is 541. The number of ether oxygens (including phenoxy) is 1. The number of hydrogen-bond donors (Lipinski definition) is 3. The molecule has 5 nitrogen and oxygen atoms in total. The fourth-order valence-corrected chi connectivity index (χ4v) is 1.64. The number of aromatic nitrogens is 1. The van der Waals surface area contributed by atoms with Crippen LogP contribution in [0.1, 0.15) is 12.5 Å². The summed E-state index contributed by atoms with van der Waals surface area (Å²) in [5.41, 5.74) is 1.43. The minimum absolute atomic E-state index is 0.103. The Labute approximate surface area is 111 Å². The van der Waals surface area contributed by atoms with E-state index >= 15 is 0 Å². The van der Waals surface area contributed by atoms with Crippen LogP contribution in [0.5, 0.6) is 17.4 Å². The number of para-hydroxylation sites is 1. The van der Waals surface area contributed by atoms with E-state index in [-0.39, 0.29) is 11.5 Å². The van der Waals surface area contributed by atoms with Crippen molar-refractivity contribution in [1.29, 1.82) is 0 Å². The predicted molar refractivity (Wildman–Crippen MR) is 72.5 cm³/mol. The first-order chi connectivity index (χ1) is 9.20. The lowest BCUT2D eigenvalue weighted by Gasteiger charge is -2.09. The Hall–Kier alpha value is -2.43. The van der Waals surface area contributed by atoms with Gasteiger partial charge >= 0.3 is 0 Å². The fourth-order valence-electron chi connectivity index (χ4n) is 1.64. The average molecular weight is 260 g/mol. The number of nitrogens with zero attached hydrogens (tertiary/aromatic N) is 1. The normalized spacial score (nSPS) is 10.2. The third kappa shape index (κ3) is 3.28. The molecule has 0 aliphatic carbocycles. The van der Waals surface area contributed by atoms with E-state index in [4.69, 9.17) is 4.74 Å². The number of anilines is 1. The third-order valence-corrected chi connectivity index (χ3v) is 2.61. The van der Waals surface area contributed by atoms with Gasteiger partial charge in [-0.2, -0.15) is 0 Å². The van der Waals surface area contributed by atoms with Crippen molar-refractivity contribution in [3.05, 3.63) is 42.1 Å². The van der Waals surface area contributed by atoms with Crippen molar-refractivity contribution in [2.45, 2.75) is 13.5 Å². The maximum Gasteiger partial charge on any atom is 0.213 e. The van der Waals surface area contributed by atoms with Gasteiger partial charge in [0.15, 0.2) is 11.5 Å². The van der Waals surface area contributed by atoms with Crippen LogP contribution >= 0.6 is 0 Å². The number of benzene rings is 1. The first-order valence-corrected chi connectivity index (χ1v) is 6.03. The summed E-state index contributed by atoms with van der Waals surface area (Å²) in [5, 5.41) is 22.2. The number of pyridine rings is 1. The SMILES string of the molecule is CCOc1ccc(NCc2cccc(O)c2O)cn1. The molecule has 1 aromatic heterocycles. The van der Waals surface area contributed by atoms with E-state index in [0.717, 1.165) is 5.69 Å². The van der Waals surface area contributed by atoms with Gasteiger partial charge in [-0.15, -0.1) is 0 Å². The van der Waals surface area contributed by atoms with Crippen molar-refractivity contribution >= 4 is 5.69 Å². The summed E-state index contributed by atoms with van der Waals surface area (Å²) in [6, 6.07) is 8.48. The van der Waals surface area contributed by atoms with Crippen LogP contribution in [0.25, 0.3) is 0 Å². The first-order valence-electron chi connectivity index (χ1n) is 6.03. The molecule has 0 atom stereocenters. The predicted octanol–water partition coefficient (Wildman–Crippen LogP) is 2.50. The van der Waals surface area contributed by atoms with Crippen molar-refractivity contribution in [3.8, 4) is 17.4 Å². The summed E-state index contributed by atoms with van der Waals surface area (Å²) in [6.07, 6.45) is 1.66. The molecule has 0 saturated heterocycles. The monoisotopic (exact) mass is 260 g/mol. The van der Waals surface area contributed by atoms with Crippen molar-refractivity contribution < 1.29 is 14.9 Å². The molecule has 0 aliphatic rings. The van der Waals surface area contributed by atoms with Crippen molar-refractivity contribution in [1.82, 2.24) is 4.98 Å². The number of aromatic hydroxyl groups is 2. The van der Waals surface area contributed by atoms with E-state index in [1.165, 1.54) is 6.07 Å².